The number of carbonyl (C=O) groups is 1. The molecule has 0 fully saturated rings. The molecule has 0 saturated carbocycles. The molecule has 156 valence electrons. The number of amides is 1. The minimum absolute atomic E-state index is 0.0415. The number of aromatic nitrogens is 3. The third-order valence-electron chi connectivity index (χ3n) is 5.46. The topological polar surface area (TPSA) is 71.2 Å². The Balaban J connectivity index is 1.53. The summed E-state index contributed by atoms with van der Waals surface area (Å²) < 4.78 is 46.8. The zero-order chi connectivity index (χ0) is 23.5. The summed E-state index contributed by atoms with van der Waals surface area (Å²) >= 11 is 0. The molecule has 8 heteroatoms. The van der Waals surface area contributed by atoms with E-state index in [4.69, 9.17) is 2.74 Å². The number of nitrogens with zero attached hydrogens (tertiary/aromatic N) is 4. The molecule has 6 nitrogen and oxygen atoms in total. The van der Waals surface area contributed by atoms with Gasteiger partial charge in [-0.1, -0.05) is 12.1 Å². The second kappa shape index (κ2) is 7.24. The Morgan fingerprint density at radius 1 is 1.19 bits per heavy atom. The SMILES string of the molecule is [2H]C([2H])(O)c1ccc(-c2cc(F)c(CN3Cc4ncccc4C3=O)c(F)c2)c2cn(C)nc12. The van der Waals surface area contributed by atoms with Gasteiger partial charge in [0.15, 0.2) is 0 Å². The predicted octanol–water partition coefficient (Wildman–Crippen LogP) is 3.56. The lowest BCUT2D eigenvalue weighted by Gasteiger charge is -2.17. The minimum atomic E-state index is -2.62. The molecule has 3 heterocycles. The number of hydrogen-bond acceptors (Lipinski definition) is 4. The molecular formula is C23H18F2N4O2. The molecule has 5 rings (SSSR count). The first-order chi connectivity index (χ1) is 15.6. The van der Waals surface area contributed by atoms with E-state index in [-0.39, 0.29) is 41.2 Å². The van der Waals surface area contributed by atoms with Crippen LogP contribution in [0.5, 0.6) is 0 Å². The van der Waals surface area contributed by atoms with Gasteiger partial charge in [-0.05, 0) is 35.4 Å². The van der Waals surface area contributed by atoms with Gasteiger partial charge in [0.25, 0.3) is 5.91 Å². The summed E-state index contributed by atoms with van der Waals surface area (Å²) in [6, 6.07) is 8.48. The highest BCUT2D eigenvalue weighted by Gasteiger charge is 2.29. The maximum absolute atomic E-state index is 15.1. The molecule has 1 aliphatic heterocycles. The van der Waals surface area contributed by atoms with Crippen LogP contribution in [-0.4, -0.2) is 30.7 Å². The normalized spacial score (nSPS) is 14.7. The number of pyridine rings is 1. The Bertz CT molecular complexity index is 1410. The first-order valence-electron chi connectivity index (χ1n) is 10.5. The maximum Gasteiger partial charge on any atom is 0.256 e. The quantitative estimate of drug-likeness (QED) is 0.546. The molecule has 1 N–H and O–H groups in total. The predicted molar refractivity (Wildman–Crippen MR) is 110 cm³/mol. The van der Waals surface area contributed by atoms with Gasteiger partial charge in [0.05, 0.1) is 39.2 Å². The van der Waals surface area contributed by atoms with Gasteiger partial charge >= 0.3 is 0 Å². The van der Waals surface area contributed by atoms with Gasteiger partial charge in [0, 0.05) is 36.0 Å². The molecule has 4 aromatic rings. The average Bonchev–Trinajstić information content (AvgIpc) is 3.28. The lowest BCUT2D eigenvalue weighted by molar-refractivity contribution is 0.0763. The molecule has 2 aromatic carbocycles. The standard InChI is InChI=1S/C23H18F2N4O2/c1-28-9-17-15(5-4-13(12-30)22(17)27-28)14-7-19(24)18(20(25)8-14)10-29-11-21-16(23(29)31)3-2-6-26-21/h2-9,30H,10-12H2,1H3/i12D2. The van der Waals surface area contributed by atoms with Crippen molar-refractivity contribution in [1.82, 2.24) is 19.7 Å². The van der Waals surface area contributed by atoms with E-state index in [0.29, 0.717) is 22.2 Å². The summed E-state index contributed by atoms with van der Waals surface area (Å²) in [6.45, 7) is -2.68. The molecule has 0 spiro atoms. The number of aryl methyl sites for hydroxylation is 1. The summed E-state index contributed by atoms with van der Waals surface area (Å²) in [5, 5.41) is 14.5. The van der Waals surface area contributed by atoms with Gasteiger partial charge in [0.1, 0.15) is 11.6 Å². The van der Waals surface area contributed by atoms with Gasteiger partial charge in [-0.15, -0.1) is 0 Å². The van der Waals surface area contributed by atoms with Crippen molar-refractivity contribution in [3.8, 4) is 11.1 Å². The highest BCUT2D eigenvalue weighted by atomic mass is 19.1. The van der Waals surface area contributed by atoms with E-state index in [2.05, 4.69) is 10.1 Å². The van der Waals surface area contributed by atoms with Crippen LogP contribution in [0, 0.1) is 11.6 Å². The number of aliphatic hydroxyl groups is 1. The van der Waals surface area contributed by atoms with E-state index in [0.717, 1.165) is 0 Å². The molecule has 1 aliphatic rings. The molecule has 2 aromatic heterocycles. The molecular weight excluding hydrogens is 402 g/mol. The Morgan fingerprint density at radius 3 is 2.68 bits per heavy atom. The van der Waals surface area contributed by atoms with Gasteiger partial charge in [-0.25, -0.2) is 8.78 Å². The number of carbonyl (C=O) groups excluding carboxylic acids is 1. The van der Waals surface area contributed by atoms with Gasteiger partial charge in [-0.2, -0.15) is 5.10 Å². The van der Waals surface area contributed by atoms with Crippen molar-refractivity contribution >= 4 is 16.8 Å². The zero-order valence-corrected chi connectivity index (χ0v) is 16.4. The molecule has 0 unspecified atom stereocenters. The van der Waals surface area contributed by atoms with Crippen molar-refractivity contribution in [2.45, 2.75) is 19.6 Å². The Morgan fingerprint density at radius 2 is 1.97 bits per heavy atom. The first-order valence-corrected chi connectivity index (χ1v) is 9.54. The molecule has 31 heavy (non-hydrogen) atoms. The Kier molecular flexibility index (Phi) is 3.99. The third-order valence-corrected chi connectivity index (χ3v) is 5.46. The number of rotatable bonds is 4. The third kappa shape index (κ3) is 3.16. The minimum Gasteiger partial charge on any atom is -0.392 e. The van der Waals surface area contributed by atoms with Crippen LogP contribution in [0.25, 0.3) is 22.0 Å². The number of benzene rings is 2. The van der Waals surface area contributed by atoms with Crippen LogP contribution < -0.4 is 0 Å². The highest BCUT2D eigenvalue weighted by molar-refractivity contribution is 5.98. The van der Waals surface area contributed by atoms with E-state index >= 15 is 8.78 Å². The van der Waals surface area contributed by atoms with Crippen LogP contribution in [0.1, 0.15) is 29.9 Å². The fourth-order valence-electron chi connectivity index (χ4n) is 3.97. The Labute approximate surface area is 179 Å². The van der Waals surface area contributed by atoms with Crippen molar-refractivity contribution in [1.29, 1.82) is 0 Å². The summed E-state index contributed by atoms with van der Waals surface area (Å²) in [5.41, 5.74) is 1.59. The second-order valence-corrected chi connectivity index (χ2v) is 7.41. The van der Waals surface area contributed by atoms with Crippen molar-refractivity contribution in [2.75, 3.05) is 0 Å². The lowest BCUT2D eigenvalue weighted by atomic mass is 9.98. The van der Waals surface area contributed by atoms with Gasteiger partial charge < -0.3 is 10.0 Å². The van der Waals surface area contributed by atoms with Crippen molar-refractivity contribution in [2.24, 2.45) is 7.05 Å². The molecule has 0 saturated heterocycles. The number of halogens is 2. The number of fused-ring (bicyclic) bond motifs is 2. The maximum atomic E-state index is 15.1. The molecule has 0 radical (unpaired) electrons. The van der Waals surface area contributed by atoms with E-state index in [1.165, 1.54) is 33.8 Å². The summed E-state index contributed by atoms with van der Waals surface area (Å²) in [5.74, 6) is -1.94. The van der Waals surface area contributed by atoms with Crippen LogP contribution in [0.2, 0.25) is 0 Å². The van der Waals surface area contributed by atoms with Crippen molar-refractivity contribution in [3.63, 3.8) is 0 Å². The van der Waals surface area contributed by atoms with Crippen LogP contribution >= 0.6 is 0 Å². The fraction of sp³-hybridized carbons (Fsp3) is 0.174. The van der Waals surface area contributed by atoms with E-state index in [1.807, 2.05) is 0 Å². The summed E-state index contributed by atoms with van der Waals surface area (Å²) in [4.78, 5) is 18.1. The van der Waals surface area contributed by atoms with Crippen LogP contribution in [-0.2, 0) is 26.7 Å². The molecule has 0 atom stereocenters. The van der Waals surface area contributed by atoms with E-state index in [9.17, 15) is 9.90 Å². The van der Waals surface area contributed by atoms with Gasteiger partial charge in [-0.3, -0.25) is 14.5 Å². The molecule has 0 aliphatic carbocycles. The molecule has 0 bridgehead atoms. The lowest BCUT2D eigenvalue weighted by Crippen LogP contribution is -2.24. The van der Waals surface area contributed by atoms with Crippen molar-refractivity contribution in [3.05, 3.63) is 82.8 Å². The molecule has 1 amide bonds. The summed E-state index contributed by atoms with van der Waals surface area (Å²) in [6.07, 6.45) is 3.16. The number of hydrogen-bond donors (Lipinski definition) is 1. The van der Waals surface area contributed by atoms with E-state index in [1.54, 1.807) is 31.6 Å². The monoisotopic (exact) mass is 422 g/mol. The highest BCUT2D eigenvalue weighted by Crippen LogP contribution is 2.33. The first kappa shape index (κ1) is 17.1. The average molecular weight is 422 g/mol. The van der Waals surface area contributed by atoms with Crippen LogP contribution in [0.15, 0.2) is 48.8 Å². The second-order valence-electron chi connectivity index (χ2n) is 7.41. The smallest absolute Gasteiger partial charge is 0.256 e. The zero-order valence-electron chi connectivity index (χ0n) is 18.4. The fourth-order valence-corrected chi connectivity index (χ4v) is 3.97. The Hall–Kier alpha value is -3.65. The van der Waals surface area contributed by atoms with Crippen molar-refractivity contribution < 1.29 is 21.4 Å². The van der Waals surface area contributed by atoms with Gasteiger partial charge in [0.2, 0.25) is 0 Å². The summed E-state index contributed by atoms with van der Waals surface area (Å²) in [7, 11) is 1.63. The largest absolute Gasteiger partial charge is 0.392 e. The van der Waals surface area contributed by atoms with E-state index < -0.39 is 18.2 Å². The van der Waals surface area contributed by atoms with Crippen LogP contribution in [0.4, 0.5) is 8.78 Å². The van der Waals surface area contributed by atoms with Crippen LogP contribution in [0.3, 0.4) is 0 Å².